The zero-order valence-electron chi connectivity index (χ0n) is 8.20. The summed E-state index contributed by atoms with van der Waals surface area (Å²) in [5, 5.41) is 9.90. The third-order valence-corrected chi connectivity index (χ3v) is 2.95. The zero-order chi connectivity index (χ0) is 9.35. The first-order valence-corrected chi connectivity index (χ1v) is 5.14. The largest absolute Gasteiger partial charge is 0.332 e. The Bertz CT molecular complexity index is 163. The van der Waals surface area contributed by atoms with Gasteiger partial charge in [-0.2, -0.15) is 0 Å². The lowest BCUT2D eigenvalue weighted by Crippen LogP contribution is -2.65. The van der Waals surface area contributed by atoms with Crippen LogP contribution < -0.4 is 0 Å². The summed E-state index contributed by atoms with van der Waals surface area (Å²) in [6, 6.07) is 0. The van der Waals surface area contributed by atoms with Crippen LogP contribution in [0.15, 0.2) is 0 Å². The van der Waals surface area contributed by atoms with Crippen LogP contribution in [0.25, 0.3) is 0 Å². The van der Waals surface area contributed by atoms with E-state index in [1.807, 2.05) is 0 Å². The fraction of sp³-hybridized carbons (Fsp3) is 1.00. The van der Waals surface area contributed by atoms with Crippen LogP contribution in [0.5, 0.6) is 0 Å². The maximum Gasteiger partial charge on any atom is 0.253 e. The van der Waals surface area contributed by atoms with Crippen LogP contribution in [0.4, 0.5) is 0 Å². The summed E-state index contributed by atoms with van der Waals surface area (Å²) in [6.07, 6.45) is -0.327. The summed E-state index contributed by atoms with van der Waals surface area (Å²) in [5.74, 6) is 0. The van der Waals surface area contributed by atoms with Gasteiger partial charge in [-0.1, -0.05) is 6.92 Å². The van der Waals surface area contributed by atoms with E-state index in [4.69, 9.17) is 0 Å². The van der Waals surface area contributed by atoms with Crippen molar-refractivity contribution in [1.82, 2.24) is 4.90 Å². The van der Waals surface area contributed by atoms with Crippen molar-refractivity contribution < 1.29 is 9.59 Å². The minimum absolute atomic E-state index is 0.327. The number of rotatable bonds is 1. The van der Waals surface area contributed by atoms with E-state index >= 15 is 0 Å². The van der Waals surface area contributed by atoms with Gasteiger partial charge in [-0.25, -0.2) is 4.90 Å². The molecule has 1 fully saturated rings. The molecule has 4 heteroatoms. The smallest absolute Gasteiger partial charge is 0.253 e. The SMILES string of the molecule is CCN1CC(P)C[N+](C)(C)C1O. The third kappa shape index (κ3) is 1.97. The third-order valence-electron chi connectivity index (χ3n) is 2.53. The molecule has 1 aliphatic rings. The Morgan fingerprint density at radius 2 is 2.17 bits per heavy atom. The second kappa shape index (κ2) is 3.59. The van der Waals surface area contributed by atoms with Crippen molar-refractivity contribution >= 4 is 9.24 Å². The van der Waals surface area contributed by atoms with Gasteiger partial charge in [0.15, 0.2) is 0 Å². The minimum Gasteiger partial charge on any atom is -0.332 e. The van der Waals surface area contributed by atoms with Gasteiger partial charge in [-0.05, 0) is 0 Å². The summed E-state index contributed by atoms with van der Waals surface area (Å²) in [4.78, 5) is 2.11. The van der Waals surface area contributed by atoms with Crippen LogP contribution in [-0.2, 0) is 0 Å². The summed E-state index contributed by atoms with van der Waals surface area (Å²) < 4.78 is 0.683. The lowest BCUT2D eigenvalue weighted by Gasteiger charge is -2.46. The fourth-order valence-corrected chi connectivity index (χ4v) is 2.70. The standard InChI is InChI=1S/C8H20N2OP/c1-4-9-5-7(12)6-10(2,3)8(9)11/h7-8,11H,4-6,12H2,1-3H3/q+1. The number of nitrogens with zero attached hydrogens (tertiary/aromatic N) is 2. The molecule has 0 amide bonds. The van der Waals surface area contributed by atoms with E-state index in [0.717, 1.165) is 19.6 Å². The van der Waals surface area contributed by atoms with Gasteiger partial charge in [0.1, 0.15) is 0 Å². The Hall–Kier alpha value is 0.310. The topological polar surface area (TPSA) is 23.5 Å². The van der Waals surface area contributed by atoms with Crippen molar-refractivity contribution in [2.24, 2.45) is 0 Å². The molecule has 3 atom stereocenters. The number of quaternary nitrogens is 1. The van der Waals surface area contributed by atoms with Gasteiger partial charge in [0.25, 0.3) is 6.35 Å². The van der Waals surface area contributed by atoms with E-state index < -0.39 is 0 Å². The van der Waals surface area contributed by atoms with Crippen LogP contribution in [0.1, 0.15) is 6.92 Å². The first-order chi connectivity index (χ1) is 5.47. The van der Waals surface area contributed by atoms with Gasteiger partial charge in [0, 0.05) is 18.7 Å². The Kier molecular flexibility index (Phi) is 3.11. The molecule has 72 valence electrons. The second-order valence-corrected chi connectivity index (χ2v) is 5.10. The highest BCUT2D eigenvalue weighted by Crippen LogP contribution is 2.21. The van der Waals surface area contributed by atoms with Gasteiger partial charge < -0.3 is 5.11 Å². The monoisotopic (exact) mass is 191 g/mol. The van der Waals surface area contributed by atoms with E-state index in [-0.39, 0.29) is 6.35 Å². The molecule has 0 radical (unpaired) electrons. The lowest BCUT2D eigenvalue weighted by molar-refractivity contribution is -0.954. The van der Waals surface area contributed by atoms with E-state index in [2.05, 4.69) is 35.2 Å². The molecule has 0 spiro atoms. The highest BCUT2D eigenvalue weighted by atomic mass is 31.0. The first-order valence-electron chi connectivity index (χ1n) is 4.47. The number of hydrogen-bond acceptors (Lipinski definition) is 2. The molecule has 1 saturated heterocycles. The van der Waals surface area contributed by atoms with E-state index in [9.17, 15) is 5.11 Å². The van der Waals surface area contributed by atoms with Crippen LogP contribution in [0.3, 0.4) is 0 Å². The minimum atomic E-state index is -0.327. The van der Waals surface area contributed by atoms with E-state index in [1.54, 1.807) is 0 Å². The quantitative estimate of drug-likeness (QED) is 0.463. The molecule has 0 aromatic heterocycles. The summed E-state index contributed by atoms with van der Waals surface area (Å²) in [7, 11) is 6.99. The maximum absolute atomic E-state index is 9.90. The van der Waals surface area contributed by atoms with Gasteiger partial charge in [0.2, 0.25) is 0 Å². The van der Waals surface area contributed by atoms with Crippen LogP contribution in [0.2, 0.25) is 0 Å². The maximum atomic E-state index is 9.90. The van der Waals surface area contributed by atoms with E-state index in [1.165, 1.54) is 0 Å². The van der Waals surface area contributed by atoms with Crippen molar-refractivity contribution in [3.05, 3.63) is 0 Å². The number of aliphatic hydroxyl groups is 1. The molecular formula is C8H20N2OP+. The Morgan fingerprint density at radius 1 is 1.58 bits per heavy atom. The van der Waals surface area contributed by atoms with Crippen molar-refractivity contribution in [3.63, 3.8) is 0 Å². The number of hydrogen-bond donors (Lipinski definition) is 1. The molecule has 0 aromatic rings. The molecular weight excluding hydrogens is 171 g/mol. The predicted octanol–water partition coefficient (Wildman–Crippen LogP) is -0.0821. The highest BCUT2D eigenvalue weighted by Gasteiger charge is 2.38. The summed E-state index contributed by atoms with van der Waals surface area (Å²) in [5.41, 5.74) is 0.600. The molecule has 1 N–H and O–H groups in total. The Labute approximate surface area is 77.1 Å². The normalized spacial score (nSPS) is 36.8. The van der Waals surface area contributed by atoms with Crippen molar-refractivity contribution in [2.45, 2.75) is 18.9 Å². The predicted molar refractivity (Wildman–Crippen MR) is 53.7 cm³/mol. The molecule has 0 aromatic carbocycles. The molecule has 12 heavy (non-hydrogen) atoms. The second-order valence-electron chi connectivity index (χ2n) is 4.16. The van der Waals surface area contributed by atoms with Gasteiger partial charge in [0.05, 0.1) is 20.6 Å². The molecule has 0 saturated carbocycles. The number of aliphatic hydroxyl groups excluding tert-OH is 1. The molecule has 1 heterocycles. The van der Waals surface area contributed by atoms with Crippen molar-refractivity contribution in [3.8, 4) is 0 Å². The van der Waals surface area contributed by atoms with E-state index in [0.29, 0.717) is 10.1 Å². The molecule has 0 bridgehead atoms. The van der Waals surface area contributed by atoms with Gasteiger partial charge in [-0.15, -0.1) is 9.24 Å². The lowest BCUT2D eigenvalue weighted by atomic mass is 10.2. The molecule has 3 nitrogen and oxygen atoms in total. The molecule has 1 rings (SSSR count). The Balaban J connectivity index is 2.68. The van der Waals surface area contributed by atoms with Crippen LogP contribution in [0, 0.1) is 0 Å². The molecule has 1 aliphatic heterocycles. The van der Waals surface area contributed by atoms with Crippen LogP contribution in [-0.4, -0.2) is 60.2 Å². The molecule has 0 aliphatic carbocycles. The van der Waals surface area contributed by atoms with Gasteiger partial charge >= 0.3 is 0 Å². The summed E-state index contributed by atoms with van der Waals surface area (Å²) >= 11 is 0. The Morgan fingerprint density at radius 3 is 2.67 bits per heavy atom. The average molecular weight is 191 g/mol. The van der Waals surface area contributed by atoms with Crippen molar-refractivity contribution in [1.29, 1.82) is 0 Å². The zero-order valence-corrected chi connectivity index (χ0v) is 9.35. The first kappa shape index (κ1) is 10.4. The van der Waals surface area contributed by atoms with Crippen molar-refractivity contribution in [2.75, 3.05) is 33.7 Å². The van der Waals surface area contributed by atoms with Gasteiger partial charge in [-0.3, -0.25) is 4.48 Å². The summed E-state index contributed by atoms with van der Waals surface area (Å²) in [6.45, 7) is 5.03. The average Bonchev–Trinajstić information content (AvgIpc) is 1.96. The highest BCUT2D eigenvalue weighted by molar-refractivity contribution is 7.17. The molecule has 3 unspecified atom stereocenters. The van der Waals surface area contributed by atoms with Crippen LogP contribution >= 0.6 is 9.24 Å². The fourth-order valence-electron chi connectivity index (χ4n) is 1.89.